The summed E-state index contributed by atoms with van der Waals surface area (Å²) < 4.78 is 1.95. The Bertz CT molecular complexity index is 471. The van der Waals surface area contributed by atoms with E-state index in [9.17, 15) is 4.79 Å². The van der Waals surface area contributed by atoms with E-state index in [4.69, 9.17) is 5.11 Å². The molecule has 0 bridgehead atoms. The molecular weight excluding hydrogens is 210 g/mol. The van der Waals surface area contributed by atoms with Gasteiger partial charge in [0.2, 0.25) is 0 Å². The van der Waals surface area contributed by atoms with E-state index in [-0.39, 0.29) is 0 Å². The van der Waals surface area contributed by atoms with Crippen LogP contribution in [0.25, 0.3) is 0 Å². The third-order valence-electron chi connectivity index (χ3n) is 2.38. The quantitative estimate of drug-likeness (QED) is 0.865. The molecule has 2 aromatic rings. The monoisotopic (exact) mass is 221 g/mol. The van der Waals surface area contributed by atoms with Crippen molar-refractivity contribution in [3.63, 3.8) is 0 Å². The van der Waals surface area contributed by atoms with Crippen molar-refractivity contribution in [3.8, 4) is 0 Å². The Labute approximate surface area is 91.6 Å². The molecule has 0 amide bonds. The predicted molar refractivity (Wildman–Crippen MR) is 59.5 cm³/mol. The average molecular weight is 221 g/mol. The minimum absolute atomic E-state index is 0.381. The molecular formula is C11H11NO2S. The number of carboxylic acid groups (broad SMARTS) is 1. The van der Waals surface area contributed by atoms with Crippen molar-refractivity contribution in [2.45, 2.75) is 13.5 Å². The summed E-state index contributed by atoms with van der Waals surface area (Å²) in [5.41, 5.74) is 1.18. The molecule has 2 rings (SSSR count). The van der Waals surface area contributed by atoms with Gasteiger partial charge in [-0.2, -0.15) is 0 Å². The topological polar surface area (TPSA) is 42.2 Å². The van der Waals surface area contributed by atoms with Gasteiger partial charge in [-0.25, -0.2) is 4.79 Å². The lowest BCUT2D eigenvalue weighted by Crippen LogP contribution is -2.02. The Balaban J connectivity index is 2.27. The molecule has 4 heteroatoms. The van der Waals surface area contributed by atoms with E-state index in [1.54, 1.807) is 17.4 Å². The molecule has 0 aromatic carbocycles. The van der Waals surface area contributed by atoms with Gasteiger partial charge in [-0.05, 0) is 24.4 Å². The van der Waals surface area contributed by atoms with Gasteiger partial charge < -0.3 is 9.67 Å². The Kier molecular flexibility index (Phi) is 2.60. The first kappa shape index (κ1) is 9.98. The fourth-order valence-corrected chi connectivity index (χ4v) is 2.22. The molecule has 3 nitrogen and oxygen atoms in total. The molecule has 0 aliphatic heterocycles. The highest BCUT2D eigenvalue weighted by molar-refractivity contribution is 7.09. The van der Waals surface area contributed by atoms with E-state index in [1.165, 1.54) is 4.88 Å². The van der Waals surface area contributed by atoms with E-state index >= 15 is 0 Å². The summed E-state index contributed by atoms with van der Waals surface area (Å²) in [4.78, 5) is 12.1. The standard InChI is InChI=1S/C11H11NO2S/c1-8-10(11(13)14)4-5-12(8)7-9-3-2-6-15-9/h2-6H,7H2,1H3,(H,13,14). The van der Waals surface area contributed by atoms with E-state index in [2.05, 4.69) is 0 Å². The van der Waals surface area contributed by atoms with Crippen LogP contribution in [0.5, 0.6) is 0 Å². The van der Waals surface area contributed by atoms with Crippen LogP contribution in [-0.4, -0.2) is 15.6 Å². The predicted octanol–water partition coefficient (Wildman–Crippen LogP) is 2.60. The average Bonchev–Trinajstić information content (AvgIpc) is 2.78. The summed E-state index contributed by atoms with van der Waals surface area (Å²) in [6.07, 6.45) is 1.82. The minimum Gasteiger partial charge on any atom is -0.478 e. The lowest BCUT2D eigenvalue weighted by atomic mass is 10.2. The maximum absolute atomic E-state index is 10.8. The van der Waals surface area contributed by atoms with Crippen LogP contribution in [0.1, 0.15) is 20.9 Å². The molecule has 1 N–H and O–H groups in total. The Morgan fingerprint density at radius 1 is 1.53 bits per heavy atom. The molecule has 0 fully saturated rings. The van der Waals surface area contributed by atoms with Gasteiger partial charge in [0, 0.05) is 16.8 Å². The van der Waals surface area contributed by atoms with E-state index in [1.807, 2.05) is 35.2 Å². The van der Waals surface area contributed by atoms with Crippen LogP contribution in [-0.2, 0) is 6.54 Å². The van der Waals surface area contributed by atoms with Crippen molar-refractivity contribution in [1.29, 1.82) is 0 Å². The van der Waals surface area contributed by atoms with Gasteiger partial charge >= 0.3 is 5.97 Å². The number of carbonyl (C=O) groups is 1. The number of aromatic nitrogens is 1. The first-order valence-corrected chi connectivity index (χ1v) is 5.48. The van der Waals surface area contributed by atoms with Gasteiger partial charge in [0.15, 0.2) is 0 Å². The highest BCUT2D eigenvalue weighted by atomic mass is 32.1. The minimum atomic E-state index is -0.863. The third-order valence-corrected chi connectivity index (χ3v) is 3.24. The molecule has 0 aliphatic carbocycles. The van der Waals surface area contributed by atoms with Crippen molar-refractivity contribution in [1.82, 2.24) is 4.57 Å². The van der Waals surface area contributed by atoms with Gasteiger partial charge in [0.05, 0.1) is 12.1 Å². The zero-order chi connectivity index (χ0) is 10.8. The number of thiophene rings is 1. The normalized spacial score (nSPS) is 10.5. The van der Waals surface area contributed by atoms with Crippen LogP contribution >= 0.6 is 11.3 Å². The molecule has 78 valence electrons. The number of carboxylic acids is 1. The second kappa shape index (κ2) is 3.90. The van der Waals surface area contributed by atoms with Crippen LogP contribution in [0.3, 0.4) is 0 Å². The third kappa shape index (κ3) is 1.94. The summed E-state index contributed by atoms with van der Waals surface area (Å²) in [7, 11) is 0. The maximum atomic E-state index is 10.8. The van der Waals surface area contributed by atoms with Gasteiger partial charge in [-0.15, -0.1) is 11.3 Å². The SMILES string of the molecule is Cc1c(C(=O)O)ccn1Cc1cccs1. The van der Waals surface area contributed by atoms with Crippen LogP contribution < -0.4 is 0 Å². The van der Waals surface area contributed by atoms with Gasteiger partial charge in [0.1, 0.15) is 0 Å². The molecule has 0 radical (unpaired) electrons. The van der Waals surface area contributed by atoms with E-state index in [0.717, 1.165) is 12.2 Å². The molecule has 0 aliphatic rings. The van der Waals surface area contributed by atoms with E-state index < -0.39 is 5.97 Å². The van der Waals surface area contributed by atoms with E-state index in [0.29, 0.717) is 5.56 Å². The lowest BCUT2D eigenvalue weighted by molar-refractivity contribution is 0.0696. The highest BCUT2D eigenvalue weighted by Gasteiger charge is 2.11. The summed E-state index contributed by atoms with van der Waals surface area (Å²) in [6, 6.07) is 5.69. The summed E-state index contributed by atoms with van der Waals surface area (Å²) >= 11 is 1.68. The van der Waals surface area contributed by atoms with Crippen LogP contribution in [0.4, 0.5) is 0 Å². The molecule has 2 heterocycles. The Morgan fingerprint density at radius 2 is 2.33 bits per heavy atom. The van der Waals surface area contributed by atoms with Gasteiger partial charge in [-0.1, -0.05) is 6.07 Å². The highest BCUT2D eigenvalue weighted by Crippen LogP contribution is 2.15. The number of nitrogens with zero attached hydrogens (tertiary/aromatic N) is 1. The largest absolute Gasteiger partial charge is 0.478 e. The van der Waals surface area contributed by atoms with Gasteiger partial charge in [0.25, 0.3) is 0 Å². The number of aromatic carboxylic acids is 1. The first-order valence-electron chi connectivity index (χ1n) is 4.60. The second-order valence-corrected chi connectivity index (χ2v) is 4.36. The molecule has 15 heavy (non-hydrogen) atoms. The smallest absolute Gasteiger partial charge is 0.337 e. The van der Waals surface area contributed by atoms with Crippen molar-refractivity contribution in [2.24, 2.45) is 0 Å². The fraction of sp³-hybridized carbons (Fsp3) is 0.182. The van der Waals surface area contributed by atoms with Crippen molar-refractivity contribution in [3.05, 3.63) is 45.9 Å². The summed E-state index contributed by atoms with van der Waals surface area (Å²) in [6.45, 7) is 2.58. The maximum Gasteiger partial charge on any atom is 0.337 e. The van der Waals surface area contributed by atoms with Crippen molar-refractivity contribution in [2.75, 3.05) is 0 Å². The summed E-state index contributed by atoms with van der Waals surface area (Å²) in [5, 5.41) is 10.9. The first-order chi connectivity index (χ1) is 7.18. The van der Waals surface area contributed by atoms with Crippen LogP contribution in [0.15, 0.2) is 29.8 Å². The molecule has 0 atom stereocenters. The van der Waals surface area contributed by atoms with Crippen molar-refractivity contribution < 1.29 is 9.90 Å². The Morgan fingerprint density at radius 3 is 2.87 bits per heavy atom. The number of hydrogen-bond acceptors (Lipinski definition) is 2. The Hall–Kier alpha value is -1.55. The van der Waals surface area contributed by atoms with Crippen molar-refractivity contribution >= 4 is 17.3 Å². The zero-order valence-electron chi connectivity index (χ0n) is 8.30. The molecule has 2 aromatic heterocycles. The molecule has 0 saturated heterocycles. The fourth-order valence-electron chi connectivity index (χ4n) is 1.52. The number of rotatable bonds is 3. The molecule has 0 spiro atoms. The summed E-state index contributed by atoms with van der Waals surface area (Å²) in [5.74, 6) is -0.863. The number of hydrogen-bond donors (Lipinski definition) is 1. The lowest BCUT2D eigenvalue weighted by Gasteiger charge is -2.04. The second-order valence-electron chi connectivity index (χ2n) is 3.33. The van der Waals surface area contributed by atoms with Crippen LogP contribution in [0.2, 0.25) is 0 Å². The van der Waals surface area contributed by atoms with Crippen LogP contribution in [0, 0.1) is 6.92 Å². The molecule has 0 saturated carbocycles. The molecule has 0 unspecified atom stereocenters. The zero-order valence-corrected chi connectivity index (χ0v) is 9.12. The van der Waals surface area contributed by atoms with Gasteiger partial charge in [-0.3, -0.25) is 0 Å².